The molecule has 4 heterocycles. The monoisotopic (exact) mass is 2070 g/mol. The zero-order chi connectivity index (χ0) is 95.3. The van der Waals surface area contributed by atoms with Crippen LogP contribution in [0.3, 0.4) is 0 Å². The van der Waals surface area contributed by atoms with E-state index in [0.29, 0.717) is 16.6 Å². The average molecular weight is 2080 g/mol. The van der Waals surface area contributed by atoms with Crippen LogP contribution in [0.15, 0.2) is 322 Å². The summed E-state index contributed by atoms with van der Waals surface area (Å²) in [7, 11) is -1.17. The van der Waals surface area contributed by atoms with E-state index in [1.54, 1.807) is 12.4 Å². The third kappa shape index (κ3) is 26.4. The predicted octanol–water partition coefficient (Wildman–Crippen LogP) is 17.4. The van der Waals surface area contributed by atoms with Gasteiger partial charge in [-0.25, -0.2) is 4.67 Å². The van der Waals surface area contributed by atoms with Crippen molar-refractivity contribution in [1.82, 2.24) is 0 Å². The molecule has 0 saturated heterocycles. The topological polar surface area (TPSA) is 274 Å². The maximum atomic E-state index is 9.94. The van der Waals surface area contributed by atoms with Gasteiger partial charge in [-0.3, -0.25) is 9.59 Å². The van der Waals surface area contributed by atoms with E-state index >= 15 is 0 Å². The van der Waals surface area contributed by atoms with Gasteiger partial charge in [-0.2, -0.15) is 0 Å². The molecule has 16 aromatic rings. The van der Waals surface area contributed by atoms with Gasteiger partial charge >= 0.3 is 130 Å². The molecule has 694 valence electrons. The van der Waals surface area contributed by atoms with Gasteiger partial charge in [0.15, 0.2) is 0 Å². The van der Waals surface area contributed by atoms with Crippen molar-refractivity contribution < 1.29 is 155 Å². The van der Waals surface area contributed by atoms with Crippen molar-refractivity contribution in [2.75, 3.05) is 14.2 Å². The third-order valence-electron chi connectivity index (χ3n) is 25.7. The van der Waals surface area contributed by atoms with Gasteiger partial charge in [-0.15, -0.1) is 0 Å². The first-order valence-corrected chi connectivity index (χ1v) is 65.6. The molecule has 0 amide bonds. The summed E-state index contributed by atoms with van der Waals surface area (Å²) in [5, 5.41) is 54.2. The van der Waals surface area contributed by atoms with Crippen molar-refractivity contribution in [1.29, 1.82) is 0 Å². The standard InChI is InChI=1S/C38H23BO2.C26H35OP.C20H15BO2.C18H10BClO2.C6H12O.2C2H4O2.3K.HO4P.H2O.Pd/c1-2-12-24(13-3-1)36-26-14-4-6-16-28(26)37(29-17-7-5-15-27(29)36)25-22-34-38-35(23-25)41-33-21-11-9-19-31(33)39(38)30-18-8-10-20-32(30)40-34;1-20-12-11-18-24(27-2)26(20)23-17-9-10-19-25(23)28(21-13-5-3-6-14-21)22-15-7-4-8-16-22;22-21(23)20-17-12-6-4-10-15(17)19(14-8-2-1-3-9-14)16-11-5-7-13-18(16)20;20-11-9-16-18-17(10-11)22-15-8-4-2-6-13(15)19(18)12-5-1-3-7-14(12)21-16;1-7-6-4-2-3-5-6;2*1-2(3)4;;;;1-4-5(2)3;;/h1-23H;9-12,17-19,21-22H,3-8,13-16H2,1-2H3;1-13,22-23H;1-10H;6H,2-5H2,1H3;2*1H3,(H,3,4);;;;1H;1H2;/q;;;;;;;;;+1;;;/p-1. The van der Waals surface area contributed by atoms with Gasteiger partial charge in [0.05, 0.1) is 13.2 Å². The van der Waals surface area contributed by atoms with Crippen LogP contribution in [0, 0.1) is 6.92 Å². The SMILES string of the molecule is CC(=O)O.CC(=O)O.COC1CCCC1.COc1cccc(C)c1-c1ccccc1P(C1CCCCC1)C1CCCCC1.Clc1cc2c3c(c1)Oc1ccccc1B3c1ccccc1O2.O.O=[P+]([O-])O[O-].OB(O)c1c2ccccc2c(-c2ccccc2)c2ccccc12.[K+].[K][K].[Pd].c1ccc(-c2c3ccccc3c(-c3cc4c5c(c3)Oc3ccccc3B5c3ccccc3O4)c3ccccc23)cc1. The number of carboxylic acid groups (broad SMARTS) is 2. The van der Waals surface area contributed by atoms with E-state index in [1.165, 1.54) is 219 Å². The molecule has 0 radical (unpaired) electrons. The van der Waals surface area contributed by atoms with E-state index < -0.39 is 27.3 Å². The van der Waals surface area contributed by atoms with Crippen molar-refractivity contribution in [3.05, 3.63) is 332 Å². The minimum Gasteiger partial charge on any atom is -0.458 e. The number of aryl methyl sites for hydroxylation is 1. The van der Waals surface area contributed by atoms with Crippen LogP contribution in [0.1, 0.15) is 109 Å². The van der Waals surface area contributed by atoms with E-state index in [0.717, 1.165) is 137 Å². The van der Waals surface area contributed by atoms with Crippen LogP contribution < -0.4 is 129 Å². The number of para-hydroxylation sites is 4. The number of rotatable bonds is 11. The van der Waals surface area contributed by atoms with Gasteiger partial charge in [-0.1, -0.05) is 338 Å². The van der Waals surface area contributed by atoms with Crippen LogP contribution in [0.25, 0.3) is 87.6 Å². The molecule has 27 heteroatoms. The molecule has 139 heavy (non-hydrogen) atoms. The largest absolute Gasteiger partial charge is 0.458 e. The fourth-order valence-electron chi connectivity index (χ4n) is 20.2. The van der Waals surface area contributed by atoms with E-state index in [9.17, 15) is 10.0 Å². The second kappa shape index (κ2) is 54.1. The fourth-order valence-corrected chi connectivity index (χ4v) is 24.4. The molecule has 0 spiro atoms. The first kappa shape index (κ1) is 111. The molecular formula is C112H105B3ClK3O17P2Pd. The zero-order valence-electron chi connectivity index (χ0n) is 79.2. The summed E-state index contributed by atoms with van der Waals surface area (Å²) in [6.45, 7) is 4.59. The van der Waals surface area contributed by atoms with E-state index in [-0.39, 0.29) is 98.6 Å². The Balaban J connectivity index is 0.000000157. The molecule has 1 unspecified atom stereocenters. The molecule has 7 aliphatic rings. The number of methoxy groups -OCH3 is 2. The summed E-state index contributed by atoms with van der Waals surface area (Å²) in [4.78, 5) is 26.9. The summed E-state index contributed by atoms with van der Waals surface area (Å²) in [6, 6.07) is 111. The van der Waals surface area contributed by atoms with Crippen LogP contribution in [0.2, 0.25) is 5.02 Å². The quantitative estimate of drug-likeness (QED) is 0.0308. The molecule has 23 rings (SSSR count). The Bertz CT molecular complexity index is 6630. The molecule has 3 saturated carbocycles. The molecule has 1 atom stereocenters. The first-order chi connectivity index (χ1) is 66.4. The van der Waals surface area contributed by atoms with E-state index in [2.05, 4.69) is 206 Å². The van der Waals surface area contributed by atoms with Crippen LogP contribution in [0.4, 0.5) is 0 Å². The number of benzene rings is 16. The van der Waals surface area contributed by atoms with E-state index in [4.69, 9.17) is 74.5 Å². The molecule has 3 aliphatic carbocycles. The predicted molar refractivity (Wildman–Crippen MR) is 559 cm³/mol. The van der Waals surface area contributed by atoms with Crippen LogP contribution in [0.5, 0.6) is 51.7 Å². The maximum Gasteiger partial charge on any atom is 0.260 e. The number of hydrogen-bond donors (Lipinski definition) is 4. The summed E-state index contributed by atoms with van der Waals surface area (Å²) in [5.74, 6) is 6.19. The Morgan fingerprint density at radius 1 is 0.424 bits per heavy atom. The number of ether oxygens (including phenoxy) is 6. The molecule has 0 aromatic heterocycles. The number of halogens is 1. The van der Waals surface area contributed by atoms with Gasteiger partial charge in [0.2, 0.25) is 0 Å². The number of fused-ring (bicyclic) bond motifs is 12. The van der Waals surface area contributed by atoms with Gasteiger partial charge in [-0.05, 0) is 236 Å². The number of carboxylic acids is 2. The molecule has 17 nitrogen and oxygen atoms in total. The Labute approximate surface area is 922 Å². The van der Waals surface area contributed by atoms with Crippen molar-refractivity contribution in [2.24, 2.45) is 0 Å². The van der Waals surface area contributed by atoms with Crippen LogP contribution in [-0.2, 0) is 44.0 Å². The summed E-state index contributed by atoms with van der Waals surface area (Å²) >= 11 is 8.73. The second-order valence-electron chi connectivity index (χ2n) is 34.1. The molecule has 0 bridgehead atoms. The minimum atomic E-state index is -3.15. The average Bonchev–Trinajstić information content (AvgIpc) is 1.04. The molecule has 16 aromatic carbocycles. The Morgan fingerprint density at radius 2 is 0.727 bits per heavy atom. The number of hydrogen-bond acceptors (Lipinski definition) is 14. The third-order valence-corrected chi connectivity index (χ3v) is 29.6. The molecule has 3 fully saturated rings. The van der Waals surface area contributed by atoms with Gasteiger partial charge < -0.3 is 64.3 Å². The zero-order valence-corrected chi connectivity index (χ0v) is 92.7. The summed E-state index contributed by atoms with van der Waals surface area (Å²) < 4.78 is 47.6. The molecular weight excluding hydrogens is 1970 g/mol. The fraction of sp³-hybridized carbons (Fsp3) is 0.196. The van der Waals surface area contributed by atoms with Crippen molar-refractivity contribution in [2.45, 2.75) is 128 Å². The Kier molecular flexibility index (Phi) is 43.1. The first-order valence-electron chi connectivity index (χ1n) is 46.7. The number of aliphatic carboxylic acids is 2. The normalized spacial score (nSPS) is 13.6. The maximum absolute atomic E-state index is 9.94. The Hall–Kier alpha value is -7.19. The number of carbonyl (C=O) groups is 2. The summed E-state index contributed by atoms with van der Waals surface area (Å²) in [5.41, 5.74) is 20.3. The smallest absolute Gasteiger partial charge is 0.260 e. The van der Waals surface area contributed by atoms with E-state index in [1.807, 2.05) is 135 Å². The van der Waals surface area contributed by atoms with Gasteiger partial charge in [0.25, 0.3) is 25.4 Å². The molecule has 4 aliphatic heterocycles. The van der Waals surface area contributed by atoms with Gasteiger partial charge in [0, 0.05) is 62.9 Å². The van der Waals surface area contributed by atoms with Crippen LogP contribution in [-0.4, -0.2) is 153 Å². The van der Waals surface area contributed by atoms with Crippen molar-refractivity contribution in [3.8, 4) is 96.3 Å². The van der Waals surface area contributed by atoms with Crippen LogP contribution >= 0.6 is 27.8 Å². The summed E-state index contributed by atoms with van der Waals surface area (Å²) in [6.07, 6.45) is 20.3. The Morgan fingerprint density at radius 3 is 1.06 bits per heavy atom. The van der Waals surface area contributed by atoms with Crippen molar-refractivity contribution in [3.63, 3.8) is 0 Å². The second-order valence-corrected chi connectivity index (χ2v) is 37.9. The van der Waals surface area contributed by atoms with Gasteiger partial charge in [0.1, 0.15) is 51.7 Å². The van der Waals surface area contributed by atoms with Crippen molar-refractivity contribution >= 4 is 210 Å². The molecule has 6 N–H and O–H groups in total. The minimum absolute atomic E-state index is 0.